The van der Waals surface area contributed by atoms with Crippen molar-refractivity contribution in [3.05, 3.63) is 64.1 Å². The quantitative estimate of drug-likeness (QED) is 0.733. The van der Waals surface area contributed by atoms with Crippen LogP contribution in [0.4, 0.5) is 0 Å². The summed E-state index contributed by atoms with van der Waals surface area (Å²) in [6, 6.07) is 12.4. The standard InChI is InChI=1S/C21H19N3O3/c25-20-7-13(6-19-14-5-12(9-22-10-14)11-24(19)20)18-8-16(21(26)27)15-3-1-2-4-17(15)23-18/h1-4,6-8,12,14,22H,5,9-11H2,(H,26,27)/t12-,14+/m0/s1. The lowest BCUT2D eigenvalue weighted by Crippen LogP contribution is -2.44. The third kappa shape index (κ3) is 2.64. The minimum absolute atomic E-state index is 0.0362. The number of fused-ring (bicyclic) bond motifs is 5. The number of benzene rings is 1. The van der Waals surface area contributed by atoms with Crippen LogP contribution in [0.3, 0.4) is 0 Å². The van der Waals surface area contributed by atoms with Crippen molar-refractivity contribution < 1.29 is 9.90 Å². The molecule has 1 fully saturated rings. The number of nitrogens with zero attached hydrogens (tertiary/aromatic N) is 2. The van der Waals surface area contributed by atoms with E-state index in [4.69, 9.17) is 0 Å². The van der Waals surface area contributed by atoms with E-state index in [1.165, 1.54) is 0 Å². The van der Waals surface area contributed by atoms with Crippen LogP contribution in [-0.4, -0.2) is 33.7 Å². The van der Waals surface area contributed by atoms with Gasteiger partial charge in [0.25, 0.3) is 5.56 Å². The van der Waals surface area contributed by atoms with Gasteiger partial charge in [-0.25, -0.2) is 9.78 Å². The summed E-state index contributed by atoms with van der Waals surface area (Å²) in [5.41, 5.74) is 3.01. The fourth-order valence-electron chi connectivity index (χ4n) is 4.45. The van der Waals surface area contributed by atoms with E-state index in [-0.39, 0.29) is 11.1 Å². The first-order valence-electron chi connectivity index (χ1n) is 9.19. The zero-order valence-electron chi connectivity index (χ0n) is 14.7. The minimum atomic E-state index is -0.996. The molecule has 5 rings (SSSR count). The molecule has 2 aliphatic heterocycles. The van der Waals surface area contributed by atoms with Gasteiger partial charge < -0.3 is 15.0 Å². The maximum absolute atomic E-state index is 12.8. The largest absolute Gasteiger partial charge is 0.478 e. The average molecular weight is 361 g/mol. The molecule has 0 radical (unpaired) electrons. The molecule has 1 aromatic carbocycles. The van der Waals surface area contributed by atoms with Crippen molar-refractivity contribution in [2.24, 2.45) is 5.92 Å². The Morgan fingerprint density at radius 3 is 2.89 bits per heavy atom. The Kier molecular flexibility index (Phi) is 3.62. The SMILES string of the molecule is O=C(O)c1cc(-c2cc3n(c(=O)c2)C[C@@H]2CNC[C@H]3C2)nc2ccccc12. The van der Waals surface area contributed by atoms with Crippen LogP contribution in [0.15, 0.2) is 47.3 Å². The molecule has 2 aliphatic rings. The van der Waals surface area contributed by atoms with Gasteiger partial charge in [-0.05, 0) is 37.1 Å². The number of nitrogens with one attached hydrogen (secondary N) is 1. The van der Waals surface area contributed by atoms with Gasteiger partial charge in [0.05, 0.1) is 16.8 Å². The predicted molar refractivity (Wildman–Crippen MR) is 102 cm³/mol. The molecule has 2 atom stereocenters. The van der Waals surface area contributed by atoms with Crippen LogP contribution in [0.25, 0.3) is 22.2 Å². The molecule has 2 bridgehead atoms. The molecular weight excluding hydrogens is 342 g/mol. The second kappa shape index (κ2) is 6.03. The Morgan fingerprint density at radius 1 is 1.19 bits per heavy atom. The number of aromatic carboxylic acids is 1. The van der Waals surface area contributed by atoms with Crippen LogP contribution in [0, 0.1) is 5.92 Å². The summed E-state index contributed by atoms with van der Waals surface area (Å²) >= 11 is 0. The molecule has 0 saturated carbocycles. The van der Waals surface area contributed by atoms with Gasteiger partial charge in [0.1, 0.15) is 0 Å². The van der Waals surface area contributed by atoms with Gasteiger partial charge in [-0.15, -0.1) is 0 Å². The van der Waals surface area contributed by atoms with Gasteiger partial charge in [0, 0.05) is 41.7 Å². The number of pyridine rings is 2. The monoisotopic (exact) mass is 361 g/mol. The van der Waals surface area contributed by atoms with Crippen molar-refractivity contribution >= 4 is 16.9 Å². The zero-order valence-corrected chi connectivity index (χ0v) is 14.7. The number of hydrogen-bond donors (Lipinski definition) is 2. The van der Waals surface area contributed by atoms with Gasteiger partial charge >= 0.3 is 5.97 Å². The molecule has 3 aromatic rings. The van der Waals surface area contributed by atoms with Crippen molar-refractivity contribution in [2.45, 2.75) is 18.9 Å². The topological polar surface area (TPSA) is 84.2 Å². The highest BCUT2D eigenvalue weighted by Crippen LogP contribution is 2.34. The summed E-state index contributed by atoms with van der Waals surface area (Å²) in [4.78, 5) is 29.1. The highest BCUT2D eigenvalue weighted by atomic mass is 16.4. The number of aromatic nitrogens is 2. The molecule has 4 heterocycles. The number of para-hydroxylation sites is 1. The van der Waals surface area contributed by atoms with E-state index < -0.39 is 5.97 Å². The van der Waals surface area contributed by atoms with Crippen LogP contribution >= 0.6 is 0 Å². The zero-order chi connectivity index (χ0) is 18.5. The van der Waals surface area contributed by atoms with Gasteiger partial charge in [0.2, 0.25) is 0 Å². The van der Waals surface area contributed by atoms with Crippen molar-refractivity contribution in [3.8, 4) is 11.3 Å². The van der Waals surface area contributed by atoms with E-state index in [9.17, 15) is 14.7 Å². The Labute approximate surface area is 155 Å². The fourth-order valence-corrected chi connectivity index (χ4v) is 4.45. The lowest BCUT2D eigenvalue weighted by molar-refractivity contribution is 0.0699. The second-order valence-electron chi connectivity index (χ2n) is 7.45. The van der Waals surface area contributed by atoms with E-state index in [0.717, 1.165) is 31.7 Å². The molecule has 6 heteroatoms. The van der Waals surface area contributed by atoms with E-state index in [1.807, 2.05) is 16.7 Å². The van der Waals surface area contributed by atoms with Crippen molar-refractivity contribution in [1.82, 2.24) is 14.9 Å². The molecular formula is C21H19N3O3. The molecule has 136 valence electrons. The molecule has 0 amide bonds. The summed E-state index contributed by atoms with van der Waals surface area (Å²) < 4.78 is 1.88. The summed E-state index contributed by atoms with van der Waals surface area (Å²) in [6.07, 6.45) is 1.08. The molecule has 0 aliphatic carbocycles. The number of carboxylic acid groups (broad SMARTS) is 1. The number of carboxylic acids is 1. The van der Waals surface area contributed by atoms with Crippen LogP contribution in [0.1, 0.15) is 28.4 Å². The van der Waals surface area contributed by atoms with E-state index >= 15 is 0 Å². The average Bonchev–Trinajstić information content (AvgIpc) is 2.68. The van der Waals surface area contributed by atoms with Crippen LogP contribution in [0.5, 0.6) is 0 Å². The fraction of sp³-hybridized carbons (Fsp3) is 0.286. The maximum Gasteiger partial charge on any atom is 0.336 e. The molecule has 0 unspecified atom stereocenters. The van der Waals surface area contributed by atoms with Crippen LogP contribution < -0.4 is 10.9 Å². The molecule has 6 nitrogen and oxygen atoms in total. The highest BCUT2D eigenvalue weighted by Gasteiger charge is 2.31. The predicted octanol–water partition coefficient (Wildman–Crippen LogP) is 2.47. The summed E-state index contributed by atoms with van der Waals surface area (Å²) in [7, 11) is 0. The van der Waals surface area contributed by atoms with Gasteiger partial charge in [-0.2, -0.15) is 0 Å². The molecule has 2 aromatic heterocycles. The maximum atomic E-state index is 12.8. The van der Waals surface area contributed by atoms with Gasteiger partial charge in [0.15, 0.2) is 0 Å². The van der Waals surface area contributed by atoms with E-state index in [0.29, 0.717) is 34.0 Å². The van der Waals surface area contributed by atoms with Crippen LogP contribution in [-0.2, 0) is 6.54 Å². The Balaban J connectivity index is 1.71. The number of rotatable bonds is 2. The molecule has 27 heavy (non-hydrogen) atoms. The van der Waals surface area contributed by atoms with E-state index in [1.54, 1.807) is 30.3 Å². The third-order valence-electron chi connectivity index (χ3n) is 5.70. The van der Waals surface area contributed by atoms with Crippen molar-refractivity contribution in [2.75, 3.05) is 13.1 Å². The minimum Gasteiger partial charge on any atom is -0.478 e. The summed E-state index contributed by atoms with van der Waals surface area (Å²) in [6.45, 7) is 2.56. The number of hydrogen-bond acceptors (Lipinski definition) is 4. The number of piperidine rings is 1. The van der Waals surface area contributed by atoms with Gasteiger partial charge in [-0.1, -0.05) is 18.2 Å². The summed E-state index contributed by atoms with van der Waals surface area (Å²) in [5.74, 6) is -0.189. The Hall–Kier alpha value is -2.99. The Morgan fingerprint density at radius 2 is 2.04 bits per heavy atom. The normalized spacial score (nSPS) is 21.0. The third-order valence-corrected chi connectivity index (χ3v) is 5.70. The van der Waals surface area contributed by atoms with Crippen LogP contribution in [0.2, 0.25) is 0 Å². The second-order valence-corrected chi connectivity index (χ2v) is 7.45. The first-order valence-corrected chi connectivity index (χ1v) is 9.19. The smallest absolute Gasteiger partial charge is 0.336 e. The summed E-state index contributed by atoms with van der Waals surface area (Å²) in [5, 5.41) is 13.7. The van der Waals surface area contributed by atoms with Crippen molar-refractivity contribution in [1.29, 1.82) is 0 Å². The Bertz CT molecular complexity index is 1140. The highest BCUT2D eigenvalue weighted by molar-refractivity contribution is 6.03. The lowest BCUT2D eigenvalue weighted by atomic mass is 9.83. The lowest BCUT2D eigenvalue weighted by Gasteiger charge is -2.37. The molecule has 0 spiro atoms. The van der Waals surface area contributed by atoms with Crippen molar-refractivity contribution in [3.63, 3.8) is 0 Å². The first kappa shape index (κ1) is 16.2. The number of carbonyl (C=O) groups is 1. The molecule has 1 saturated heterocycles. The molecule has 2 N–H and O–H groups in total. The first-order chi connectivity index (χ1) is 13.1. The van der Waals surface area contributed by atoms with E-state index in [2.05, 4.69) is 10.3 Å². The van der Waals surface area contributed by atoms with Gasteiger partial charge in [-0.3, -0.25) is 4.79 Å².